The molecular weight excluding hydrogens is 304 g/mol. The molecule has 1 N–H and O–H groups in total. The van der Waals surface area contributed by atoms with Crippen LogP contribution in [0, 0.1) is 11.8 Å². The Hall–Kier alpha value is -1.92. The first-order valence-electron chi connectivity index (χ1n) is 8.00. The van der Waals surface area contributed by atoms with Crippen molar-refractivity contribution in [3.63, 3.8) is 0 Å². The Labute approximate surface area is 134 Å². The molecule has 1 aliphatic carbocycles. The number of carbonyl (C=O) groups excluding carboxylic acids is 1. The van der Waals surface area contributed by atoms with Crippen LogP contribution in [0.5, 0.6) is 5.75 Å². The van der Waals surface area contributed by atoms with Crippen molar-refractivity contribution < 1.29 is 18.3 Å². The maximum Gasteiger partial charge on any atom is 0.317 e. The highest BCUT2D eigenvalue weighted by molar-refractivity contribution is 5.74. The van der Waals surface area contributed by atoms with Crippen LogP contribution in [-0.2, 0) is 6.54 Å². The smallest absolute Gasteiger partial charge is 0.317 e. The van der Waals surface area contributed by atoms with E-state index in [1.54, 1.807) is 6.07 Å². The van der Waals surface area contributed by atoms with E-state index in [2.05, 4.69) is 10.3 Å². The molecule has 0 aromatic carbocycles. The molecule has 0 radical (unpaired) electrons. The molecule has 7 heteroatoms. The van der Waals surface area contributed by atoms with Crippen molar-refractivity contribution in [3.05, 3.63) is 24.0 Å². The lowest BCUT2D eigenvalue weighted by Gasteiger charge is -2.18. The van der Waals surface area contributed by atoms with Gasteiger partial charge >= 0.3 is 6.03 Å². The van der Waals surface area contributed by atoms with E-state index in [4.69, 9.17) is 4.74 Å². The van der Waals surface area contributed by atoms with E-state index in [9.17, 15) is 13.6 Å². The van der Waals surface area contributed by atoms with Crippen LogP contribution in [-0.4, -0.2) is 42.0 Å². The van der Waals surface area contributed by atoms with Crippen LogP contribution in [0.4, 0.5) is 13.6 Å². The van der Waals surface area contributed by atoms with Gasteiger partial charge in [0.05, 0.1) is 12.2 Å². The molecule has 2 aliphatic rings. The summed E-state index contributed by atoms with van der Waals surface area (Å²) in [5, 5.41) is 2.84. The molecule has 5 nitrogen and oxygen atoms in total. The molecule has 2 amide bonds. The van der Waals surface area contributed by atoms with Gasteiger partial charge in [0.2, 0.25) is 0 Å². The highest BCUT2D eigenvalue weighted by atomic mass is 19.3. The molecule has 2 fully saturated rings. The van der Waals surface area contributed by atoms with Crippen molar-refractivity contribution in [1.29, 1.82) is 0 Å². The topological polar surface area (TPSA) is 54.5 Å². The molecule has 126 valence electrons. The second-order valence-electron chi connectivity index (χ2n) is 6.20. The molecule has 0 bridgehead atoms. The van der Waals surface area contributed by atoms with E-state index in [1.165, 1.54) is 31.5 Å². The van der Waals surface area contributed by atoms with Gasteiger partial charge in [-0.2, -0.15) is 0 Å². The Kier molecular flexibility index (Phi) is 4.93. The molecule has 1 aliphatic heterocycles. The first-order valence-corrected chi connectivity index (χ1v) is 8.00. The quantitative estimate of drug-likeness (QED) is 0.905. The average molecular weight is 325 g/mol. The molecule has 0 spiro atoms. The van der Waals surface area contributed by atoms with Crippen molar-refractivity contribution in [2.24, 2.45) is 11.8 Å². The minimum atomic E-state index is -2.51. The van der Waals surface area contributed by atoms with Gasteiger partial charge in [-0.1, -0.05) is 6.42 Å². The molecule has 0 unspecified atom stereocenters. The number of nitrogens with one attached hydrogen (secondary N) is 1. The first kappa shape index (κ1) is 16.0. The maximum atomic E-state index is 12.2. The van der Waals surface area contributed by atoms with E-state index in [1.807, 2.05) is 4.90 Å². The Morgan fingerprint density at radius 3 is 2.83 bits per heavy atom. The lowest BCUT2D eigenvalue weighted by molar-refractivity contribution is 0.0818. The van der Waals surface area contributed by atoms with Crippen molar-refractivity contribution >= 4 is 6.03 Å². The summed E-state index contributed by atoms with van der Waals surface area (Å²) >= 11 is 0. The standard InChI is InChI=1S/C16H21F2N3O2/c17-15(18)10-23-14-4-5-19-13(6-14)7-20-16(22)21-8-11-2-1-3-12(11)9-21/h4-6,11-12,15H,1-3,7-10H2,(H,20,22)/t11-,12+. The largest absolute Gasteiger partial charge is 0.488 e. The second kappa shape index (κ2) is 7.10. The van der Waals surface area contributed by atoms with Gasteiger partial charge in [-0.3, -0.25) is 4.98 Å². The summed E-state index contributed by atoms with van der Waals surface area (Å²) < 4.78 is 29.2. The van der Waals surface area contributed by atoms with Gasteiger partial charge in [-0.25, -0.2) is 13.6 Å². The number of carbonyl (C=O) groups is 1. The number of fused-ring (bicyclic) bond motifs is 1. The SMILES string of the molecule is O=C(NCc1cc(OCC(F)F)ccn1)N1C[C@H]2CCC[C@H]2C1. The van der Waals surface area contributed by atoms with Crippen LogP contribution in [0.3, 0.4) is 0 Å². The zero-order chi connectivity index (χ0) is 16.2. The third-order valence-corrected chi connectivity index (χ3v) is 4.60. The minimum absolute atomic E-state index is 0.0832. The number of hydrogen-bond donors (Lipinski definition) is 1. The summed E-state index contributed by atoms with van der Waals surface area (Å²) in [6.07, 6.45) is 2.70. The van der Waals surface area contributed by atoms with Gasteiger partial charge in [0, 0.05) is 25.4 Å². The molecule has 1 aromatic rings. The number of likely N-dealkylation sites (tertiary alicyclic amines) is 1. The van der Waals surface area contributed by atoms with Crippen molar-refractivity contribution in [2.45, 2.75) is 32.2 Å². The molecule has 1 saturated heterocycles. The zero-order valence-electron chi connectivity index (χ0n) is 12.9. The lowest BCUT2D eigenvalue weighted by Crippen LogP contribution is -2.38. The van der Waals surface area contributed by atoms with Crippen LogP contribution >= 0.6 is 0 Å². The number of aromatic nitrogens is 1. The summed E-state index contributed by atoms with van der Waals surface area (Å²) in [7, 11) is 0. The number of ether oxygens (including phenoxy) is 1. The fourth-order valence-corrected chi connectivity index (χ4v) is 3.48. The zero-order valence-corrected chi connectivity index (χ0v) is 12.9. The summed E-state index contributed by atoms with van der Waals surface area (Å²) in [6.45, 7) is 1.28. The predicted octanol–water partition coefficient (Wildman–Crippen LogP) is 2.67. The average Bonchev–Trinajstić information content (AvgIpc) is 3.12. The number of pyridine rings is 1. The summed E-state index contributed by atoms with van der Waals surface area (Å²) in [5.41, 5.74) is 0.588. The van der Waals surface area contributed by atoms with Crippen LogP contribution in [0.25, 0.3) is 0 Å². The maximum absolute atomic E-state index is 12.2. The number of amides is 2. The Bertz CT molecular complexity index is 544. The van der Waals surface area contributed by atoms with E-state index < -0.39 is 13.0 Å². The van der Waals surface area contributed by atoms with Crippen LogP contribution in [0.15, 0.2) is 18.3 Å². The van der Waals surface area contributed by atoms with Crippen LogP contribution in [0.2, 0.25) is 0 Å². The normalized spacial score (nSPS) is 23.2. The van der Waals surface area contributed by atoms with Crippen LogP contribution < -0.4 is 10.1 Å². The summed E-state index contributed by atoms with van der Waals surface area (Å²) in [6, 6.07) is 3.01. The molecule has 2 heterocycles. The Morgan fingerprint density at radius 1 is 1.39 bits per heavy atom. The highest BCUT2D eigenvalue weighted by Gasteiger charge is 2.37. The number of hydrogen-bond acceptors (Lipinski definition) is 3. The van der Waals surface area contributed by atoms with Gasteiger partial charge in [-0.05, 0) is 30.7 Å². The Morgan fingerprint density at radius 2 is 2.13 bits per heavy atom. The molecular formula is C16H21F2N3O2. The number of urea groups is 1. The van der Waals surface area contributed by atoms with E-state index in [0.717, 1.165) is 13.1 Å². The van der Waals surface area contributed by atoms with E-state index in [-0.39, 0.29) is 12.6 Å². The van der Waals surface area contributed by atoms with E-state index in [0.29, 0.717) is 23.3 Å². The lowest BCUT2D eigenvalue weighted by atomic mass is 10.0. The minimum Gasteiger partial charge on any atom is -0.488 e. The van der Waals surface area contributed by atoms with Gasteiger partial charge in [0.15, 0.2) is 0 Å². The summed E-state index contributed by atoms with van der Waals surface area (Å²) in [4.78, 5) is 18.2. The highest BCUT2D eigenvalue weighted by Crippen LogP contribution is 2.37. The van der Waals surface area contributed by atoms with Gasteiger partial charge in [0.1, 0.15) is 12.4 Å². The molecule has 2 atom stereocenters. The Balaban J connectivity index is 1.48. The van der Waals surface area contributed by atoms with Gasteiger partial charge in [-0.15, -0.1) is 0 Å². The third kappa shape index (κ3) is 4.09. The molecule has 23 heavy (non-hydrogen) atoms. The number of halogens is 2. The predicted molar refractivity (Wildman–Crippen MR) is 80.4 cm³/mol. The van der Waals surface area contributed by atoms with Crippen molar-refractivity contribution in [1.82, 2.24) is 15.2 Å². The number of rotatable bonds is 5. The number of nitrogens with zero attached hydrogens (tertiary/aromatic N) is 2. The van der Waals surface area contributed by atoms with Crippen LogP contribution in [0.1, 0.15) is 25.0 Å². The van der Waals surface area contributed by atoms with E-state index >= 15 is 0 Å². The fourth-order valence-electron chi connectivity index (χ4n) is 3.48. The van der Waals surface area contributed by atoms with Crippen molar-refractivity contribution in [2.75, 3.05) is 19.7 Å². The second-order valence-corrected chi connectivity index (χ2v) is 6.20. The molecule has 1 saturated carbocycles. The molecule has 1 aromatic heterocycles. The summed E-state index contributed by atoms with van der Waals surface area (Å²) in [5.74, 6) is 1.65. The third-order valence-electron chi connectivity index (χ3n) is 4.60. The van der Waals surface area contributed by atoms with Crippen molar-refractivity contribution in [3.8, 4) is 5.75 Å². The van der Waals surface area contributed by atoms with Gasteiger partial charge in [0.25, 0.3) is 6.43 Å². The number of alkyl halides is 2. The first-order chi connectivity index (χ1) is 11.1. The molecule has 3 rings (SSSR count). The monoisotopic (exact) mass is 325 g/mol. The fraction of sp³-hybridized carbons (Fsp3) is 0.625. The van der Waals surface area contributed by atoms with Gasteiger partial charge < -0.3 is 15.0 Å².